The molecule has 0 radical (unpaired) electrons. The van der Waals surface area contributed by atoms with Crippen LogP contribution in [0, 0.1) is 5.41 Å². The van der Waals surface area contributed by atoms with Gasteiger partial charge in [-0.1, -0.05) is 43.5 Å². The zero-order valence-electron chi connectivity index (χ0n) is 16.4. The molecule has 0 saturated heterocycles. The van der Waals surface area contributed by atoms with Crippen LogP contribution in [0.15, 0.2) is 41.5 Å². The van der Waals surface area contributed by atoms with Crippen molar-refractivity contribution in [2.75, 3.05) is 19.7 Å². The topological polar surface area (TPSA) is 69.5 Å². The summed E-state index contributed by atoms with van der Waals surface area (Å²) in [7, 11) is 0. The van der Waals surface area contributed by atoms with E-state index in [1.165, 1.54) is 32.1 Å². The second kappa shape index (κ2) is 9.70. The number of fused-ring (bicyclic) bond motifs is 1. The highest BCUT2D eigenvalue weighted by molar-refractivity contribution is 5.83. The average molecular weight is 369 g/mol. The van der Waals surface area contributed by atoms with E-state index in [9.17, 15) is 5.11 Å². The molecule has 5 nitrogen and oxygen atoms in total. The number of benzene rings is 1. The fourth-order valence-electron chi connectivity index (χ4n) is 4.13. The third kappa shape index (κ3) is 5.19. The van der Waals surface area contributed by atoms with E-state index in [4.69, 9.17) is 4.99 Å². The van der Waals surface area contributed by atoms with E-state index in [0.29, 0.717) is 6.54 Å². The van der Waals surface area contributed by atoms with E-state index in [1.807, 2.05) is 12.3 Å². The molecular formula is C22H32N4O. The number of rotatable bonds is 7. The van der Waals surface area contributed by atoms with Crippen LogP contribution in [0.1, 0.15) is 51.0 Å². The Hall–Kier alpha value is -2.14. The molecule has 0 unspecified atom stereocenters. The molecule has 1 fully saturated rings. The summed E-state index contributed by atoms with van der Waals surface area (Å²) in [4.78, 5) is 9.32. The lowest BCUT2D eigenvalue weighted by molar-refractivity contribution is 0.131. The van der Waals surface area contributed by atoms with Crippen LogP contribution in [0.4, 0.5) is 0 Å². The van der Waals surface area contributed by atoms with Crippen LogP contribution < -0.4 is 10.6 Å². The van der Waals surface area contributed by atoms with Crippen molar-refractivity contribution in [3.63, 3.8) is 0 Å². The molecule has 1 aromatic carbocycles. The third-order valence-corrected chi connectivity index (χ3v) is 5.66. The van der Waals surface area contributed by atoms with Crippen molar-refractivity contribution in [1.29, 1.82) is 0 Å². The Morgan fingerprint density at radius 1 is 1.15 bits per heavy atom. The maximum absolute atomic E-state index is 9.52. The first-order valence-corrected chi connectivity index (χ1v) is 10.2. The van der Waals surface area contributed by atoms with Gasteiger partial charge in [-0.3, -0.25) is 4.98 Å². The van der Waals surface area contributed by atoms with E-state index in [0.717, 1.165) is 41.9 Å². The molecule has 0 spiro atoms. The van der Waals surface area contributed by atoms with Gasteiger partial charge < -0.3 is 15.7 Å². The minimum Gasteiger partial charge on any atom is -0.396 e. The smallest absolute Gasteiger partial charge is 0.191 e. The molecule has 5 heteroatoms. The van der Waals surface area contributed by atoms with E-state index < -0.39 is 0 Å². The molecule has 1 aliphatic rings. The molecule has 0 atom stereocenters. The lowest BCUT2D eigenvalue weighted by Crippen LogP contribution is -2.44. The van der Waals surface area contributed by atoms with Gasteiger partial charge in [-0.15, -0.1) is 0 Å². The zero-order valence-corrected chi connectivity index (χ0v) is 16.4. The minimum absolute atomic E-state index is 0.199. The molecule has 1 aliphatic carbocycles. The Labute approximate surface area is 162 Å². The molecule has 3 rings (SSSR count). The Morgan fingerprint density at radius 2 is 1.96 bits per heavy atom. The number of guanidine groups is 1. The number of hydrogen-bond donors (Lipinski definition) is 3. The number of aliphatic imine (C=N–C) groups is 1. The fourth-order valence-corrected chi connectivity index (χ4v) is 4.13. The third-order valence-electron chi connectivity index (χ3n) is 5.66. The Bertz CT molecular complexity index is 742. The second-order valence-corrected chi connectivity index (χ2v) is 7.58. The zero-order chi connectivity index (χ0) is 19.0. The van der Waals surface area contributed by atoms with Gasteiger partial charge >= 0.3 is 0 Å². The molecule has 1 saturated carbocycles. The van der Waals surface area contributed by atoms with Gasteiger partial charge in [0.15, 0.2) is 5.96 Å². The van der Waals surface area contributed by atoms with Crippen molar-refractivity contribution < 1.29 is 5.11 Å². The number of aromatic nitrogens is 1. The van der Waals surface area contributed by atoms with Gasteiger partial charge in [0.1, 0.15) is 0 Å². The summed E-state index contributed by atoms with van der Waals surface area (Å²) in [5.41, 5.74) is 2.35. The first kappa shape index (κ1) is 19.6. The normalized spacial score (nSPS) is 17.0. The Morgan fingerprint density at radius 3 is 2.74 bits per heavy atom. The largest absolute Gasteiger partial charge is 0.396 e. The van der Waals surface area contributed by atoms with Crippen molar-refractivity contribution in [2.24, 2.45) is 10.4 Å². The maximum Gasteiger partial charge on any atom is 0.191 e. The SMILES string of the molecule is CCNC(=NCc1cccc2cccnc12)NCC1(CCO)CCCCC1. The standard InChI is InChI=1S/C22H32N4O/c1-2-23-21(26-17-22(13-15-27)11-4-3-5-12-22)25-16-19-9-6-8-18-10-7-14-24-20(18)19/h6-10,14,27H,2-5,11-13,15-17H2,1H3,(H2,23,25,26). The quantitative estimate of drug-likeness (QED) is 0.516. The summed E-state index contributed by atoms with van der Waals surface area (Å²) >= 11 is 0. The van der Waals surface area contributed by atoms with Crippen LogP contribution in [-0.4, -0.2) is 35.7 Å². The number of hydrogen-bond acceptors (Lipinski definition) is 3. The van der Waals surface area contributed by atoms with E-state index in [2.05, 4.69) is 46.8 Å². The molecule has 27 heavy (non-hydrogen) atoms. The lowest BCUT2D eigenvalue weighted by atomic mass is 9.72. The Balaban J connectivity index is 1.70. The van der Waals surface area contributed by atoms with Crippen LogP contribution in [0.3, 0.4) is 0 Å². The highest BCUT2D eigenvalue weighted by Gasteiger charge is 2.31. The summed E-state index contributed by atoms with van der Waals surface area (Å²) in [6.07, 6.45) is 8.91. The first-order valence-electron chi connectivity index (χ1n) is 10.2. The molecule has 146 valence electrons. The van der Waals surface area contributed by atoms with Crippen molar-refractivity contribution in [3.8, 4) is 0 Å². The van der Waals surface area contributed by atoms with Gasteiger partial charge in [-0.05, 0) is 43.2 Å². The molecular weight excluding hydrogens is 336 g/mol. The fraction of sp³-hybridized carbons (Fsp3) is 0.545. The van der Waals surface area contributed by atoms with Crippen LogP contribution in [0.2, 0.25) is 0 Å². The van der Waals surface area contributed by atoms with Crippen LogP contribution in [-0.2, 0) is 6.54 Å². The number of nitrogens with one attached hydrogen (secondary N) is 2. The minimum atomic E-state index is 0.199. The predicted molar refractivity (Wildman–Crippen MR) is 112 cm³/mol. The monoisotopic (exact) mass is 368 g/mol. The Kier molecular flexibility index (Phi) is 7.04. The molecule has 0 amide bonds. The number of aliphatic hydroxyl groups excluding tert-OH is 1. The van der Waals surface area contributed by atoms with E-state index >= 15 is 0 Å². The molecule has 2 aromatic rings. The van der Waals surface area contributed by atoms with Gasteiger partial charge in [-0.2, -0.15) is 0 Å². The molecule has 0 bridgehead atoms. The molecule has 3 N–H and O–H groups in total. The van der Waals surface area contributed by atoms with E-state index in [1.54, 1.807) is 0 Å². The van der Waals surface area contributed by atoms with Crippen molar-refractivity contribution in [3.05, 3.63) is 42.1 Å². The van der Waals surface area contributed by atoms with Gasteiger partial charge in [0.2, 0.25) is 0 Å². The molecule has 0 aliphatic heterocycles. The maximum atomic E-state index is 9.52. The van der Waals surface area contributed by atoms with Crippen LogP contribution >= 0.6 is 0 Å². The number of pyridine rings is 1. The number of aliphatic hydroxyl groups is 1. The highest BCUT2D eigenvalue weighted by Crippen LogP contribution is 2.38. The molecule has 1 heterocycles. The van der Waals surface area contributed by atoms with Gasteiger partial charge in [-0.25, -0.2) is 4.99 Å². The van der Waals surface area contributed by atoms with E-state index in [-0.39, 0.29) is 12.0 Å². The average Bonchev–Trinajstić information content (AvgIpc) is 2.71. The summed E-state index contributed by atoms with van der Waals surface area (Å²) in [5, 5.41) is 17.6. The van der Waals surface area contributed by atoms with Crippen molar-refractivity contribution in [1.82, 2.24) is 15.6 Å². The summed E-state index contributed by atoms with van der Waals surface area (Å²) in [6.45, 7) is 4.63. The number of para-hydroxylation sites is 1. The summed E-state index contributed by atoms with van der Waals surface area (Å²) in [5.74, 6) is 0.841. The van der Waals surface area contributed by atoms with Gasteiger partial charge in [0.05, 0.1) is 12.1 Å². The number of nitrogens with zero attached hydrogens (tertiary/aromatic N) is 2. The van der Waals surface area contributed by atoms with Crippen molar-refractivity contribution in [2.45, 2.75) is 52.0 Å². The first-order chi connectivity index (χ1) is 13.3. The highest BCUT2D eigenvalue weighted by atomic mass is 16.3. The van der Waals surface area contributed by atoms with Gasteiger partial charge in [0, 0.05) is 31.3 Å². The van der Waals surface area contributed by atoms with Crippen LogP contribution in [0.25, 0.3) is 10.9 Å². The predicted octanol–water partition coefficient (Wildman–Crippen LogP) is 3.62. The molecule has 1 aromatic heterocycles. The van der Waals surface area contributed by atoms with Gasteiger partial charge in [0.25, 0.3) is 0 Å². The lowest BCUT2D eigenvalue weighted by Gasteiger charge is -2.37. The van der Waals surface area contributed by atoms with Crippen LogP contribution in [0.5, 0.6) is 0 Å². The van der Waals surface area contributed by atoms with Crippen molar-refractivity contribution >= 4 is 16.9 Å². The summed E-state index contributed by atoms with van der Waals surface area (Å²) in [6, 6.07) is 10.3. The summed E-state index contributed by atoms with van der Waals surface area (Å²) < 4.78 is 0. The second-order valence-electron chi connectivity index (χ2n) is 7.58.